The first-order chi connectivity index (χ1) is 8.38. The summed E-state index contributed by atoms with van der Waals surface area (Å²) in [6.07, 6.45) is 0. The van der Waals surface area contributed by atoms with E-state index < -0.39 is 0 Å². The fourth-order valence-corrected chi connectivity index (χ4v) is 2.22. The van der Waals surface area contributed by atoms with E-state index in [-0.39, 0.29) is 0 Å². The first-order valence-electron chi connectivity index (χ1n) is 6.58. The predicted octanol–water partition coefficient (Wildman–Crippen LogP) is 1.37. The van der Waals surface area contributed by atoms with Crippen molar-refractivity contribution in [2.75, 3.05) is 39.4 Å². The third kappa shape index (κ3) is 4.11. The highest BCUT2D eigenvalue weighted by molar-refractivity contribution is 5.14. The molecule has 1 aliphatic rings. The summed E-state index contributed by atoms with van der Waals surface area (Å²) in [5.74, 6) is 0. The van der Waals surface area contributed by atoms with E-state index in [1.807, 2.05) is 0 Å². The van der Waals surface area contributed by atoms with Gasteiger partial charge in [-0.3, -0.25) is 9.80 Å². The minimum absolute atomic E-state index is 1.04. The molecule has 3 heteroatoms. The summed E-state index contributed by atoms with van der Waals surface area (Å²) in [6.45, 7) is 10.1. The van der Waals surface area contributed by atoms with E-state index in [0.717, 1.165) is 19.8 Å². The summed E-state index contributed by atoms with van der Waals surface area (Å²) >= 11 is 0. The van der Waals surface area contributed by atoms with Crippen molar-refractivity contribution >= 4 is 0 Å². The van der Waals surface area contributed by atoms with Gasteiger partial charge in [0.05, 0.1) is 0 Å². The molecule has 0 saturated carbocycles. The predicted molar refractivity (Wildman–Crippen MR) is 71.8 cm³/mol. The molecule has 3 nitrogen and oxygen atoms in total. The maximum atomic E-state index is 3.39. The molecule has 0 unspecified atom stereocenters. The summed E-state index contributed by atoms with van der Waals surface area (Å²) in [7, 11) is 0. The van der Waals surface area contributed by atoms with E-state index in [4.69, 9.17) is 0 Å². The van der Waals surface area contributed by atoms with E-state index in [1.165, 1.54) is 31.7 Å². The topological polar surface area (TPSA) is 18.5 Å². The van der Waals surface area contributed by atoms with Crippen LogP contribution >= 0.6 is 0 Å². The van der Waals surface area contributed by atoms with Crippen LogP contribution in [-0.4, -0.2) is 49.2 Å². The second-order valence-electron chi connectivity index (χ2n) is 4.64. The van der Waals surface area contributed by atoms with Crippen LogP contribution in [0.15, 0.2) is 30.3 Å². The molecule has 0 bridgehead atoms. The molecule has 0 aromatic heterocycles. The summed E-state index contributed by atoms with van der Waals surface area (Å²) in [4.78, 5) is 5.03. The highest BCUT2D eigenvalue weighted by Crippen LogP contribution is 2.07. The Balaban J connectivity index is 1.72. The minimum Gasteiger partial charge on any atom is -0.305 e. The molecule has 1 aliphatic heterocycles. The van der Waals surface area contributed by atoms with Crippen LogP contribution in [0.2, 0.25) is 0 Å². The molecular formula is C14H23N3. The van der Waals surface area contributed by atoms with Crippen molar-refractivity contribution in [3.8, 4) is 0 Å². The summed E-state index contributed by atoms with van der Waals surface area (Å²) in [6, 6.07) is 10.8. The van der Waals surface area contributed by atoms with E-state index in [9.17, 15) is 0 Å². The Morgan fingerprint density at radius 1 is 1.00 bits per heavy atom. The van der Waals surface area contributed by atoms with E-state index in [2.05, 4.69) is 52.4 Å². The molecule has 94 valence electrons. The van der Waals surface area contributed by atoms with E-state index in [1.54, 1.807) is 0 Å². The van der Waals surface area contributed by atoms with Crippen molar-refractivity contribution in [1.29, 1.82) is 0 Å². The molecule has 1 aromatic rings. The molecule has 1 fully saturated rings. The van der Waals surface area contributed by atoms with Crippen molar-refractivity contribution in [2.45, 2.75) is 13.5 Å². The third-order valence-electron chi connectivity index (χ3n) is 3.30. The summed E-state index contributed by atoms with van der Waals surface area (Å²) in [5.41, 5.74) is 1.42. The summed E-state index contributed by atoms with van der Waals surface area (Å²) < 4.78 is 0. The van der Waals surface area contributed by atoms with Crippen molar-refractivity contribution < 1.29 is 0 Å². The monoisotopic (exact) mass is 233 g/mol. The van der Waals surface area contributed by atoms with Crippen LogP contribution in [0.1, 0.15) is 12.5 Å². The SMILES string of the molecule is CCNCN1CCN(Cc2ccccc2)CC1. The molecule has 1 saturated heterocycles. The normalized spacial score (nSPS) is 18.4. The second kappa shape index (κ2) is 6.74. The lowest BCUT2D eigenvalue weighted by Crippen LogP contribution is -2.48. The number of hydrogen-bond donors (Lipinski definition) is 1. The number of piperazine rings is 1. The summed E-state index contributed by atoms with van der Waals surface area (Å²) in [5, 5.41) is 3.39. The Labute approximate surface area is 104 Å². The second-order valence-corrected chi connectivity index (χ2v) is 4.64. The van der Waals surface area contributed by atoms with Gasteiger partial charge in [0.15, 0.2) is 0 Å². The van der Waals surface area contributed by atoms with Crippen molar-refractivity contribution in [3.63, 3.8) is 0 Å². The number of hydrogen-bond acceptors (Lipinski definition) is 3. The molecule has 0 atom stereocenters. The standard InChI is InChI=1S/C14H23N3/c1-2-15-13-17-10-8-16(9-11-17)12-14-6-4-3-5-7-14/h3-7,15H,2,8-13H2,1H3. The molecule has 2 rings (SSSR count). The Kier molecular flexibility index (Phi) is 4.98. The van der Waals surface area contributed by atoms with Gasteiger partial charge >= 0.3 is 0 Å². The third-order valence-corrected chi connectivity index (χ3v) is 3.30. The molecule has 1 N–H and O–H groups in total. The van der Waals surface area contributed by atoms with Crippen LogP contribution in [0.5, 0.6) is 0 Å². The zero-order valence-corrected chi connectivity index (χ0v) is 10.7. The maximum Gasteiger partial charge on any atom is 0.0481 e. The smallest absolute Gasteiger partial charge is 0.0481 e. The molecule has 0 amide bonds. The zero-order valence-electron chi connectivity index (χ0n) is 10.7. The Hall–Kier alpha value is -0.900. The lowest BCUT2D eigenvalue weighted by molar-refractivity contribution is 0.121. The molecule has 0 aliphatic carbocycles. The fraction of sp³-hybridized carbons (Fsp3) is 0.571. The number of nitrogens with zero attached hydrogens (tertiary/aromatic N) is 2. The van der Waals surface area contributed by atoms with Gasteiger partial charge in [-0.05, 0) is 12.1 Å². The number of benzene rings is 1. The first kappa shape index (κ1) is 12.6. The lowest BCUT2D eigenvalue weighted by Gasteiger charge is -2.34. The van der Waals surface area contributed by atoms with Gasteiger partial charge in [0.25, 0.3) is 0 Å². The fourth-order valence-electron chi connectivity index (χ4n) is 2.22. The van der Waals surface area contributed by atoms with Gasteiger partial charge in [-0.25, -0.2) is 0 Å². The van der Waals surface area contributed by atoms with Crippen LogP contribution in [0.4, 0.5) is 0 Å². The molecule has 0 spiro atoms. The van der Waals surface area contributed by atoms with Gasteiger partial charge < -0.3 is 5.32 Å². The quantitative estimate of drug-likeness (QED) is 0.829. The number of nitrogens with one attached hydrogen (secondary N) is 1. The molecule has 0 radical (unpaired) electrons. The van der Waals surface area contributed by atoms with Crippen LogP contribution in [0, 0.1) is 0 Å². The van der Waals surface area contributed by atoms with Crippen LogP contribution < -0.4 is 5.32 Å². The van der Waals surface area contributed by atoms with Crippen molar-refractivity contribution in [3.05, 3.63) is 35.9 Å². The average molecular weight is 233 g/mol. The maximum absolute atomic E-state index is 3.39. The van der Waals surface area contributed by atoms with Gasteiger partial charge in [0.2, 0.25) is 0 Å². The van der Waals surface area contributed by atoms with E-state index in [0.29, 0.717) is 0 Å². The van der Waals surface area contributed by atoms with Gasteiger partial charge in [0.1, 0.15) is 0 Å². The number of rotatable bonds is 5. The molecular weight excluding hydrogens is 210 g/mol. The zero-order chi connectivity index (χ0) is 11.9. The molecule has 1 aromatic carbocycles. The van der Waals surface area contributed by atoms with Crippen LogP contribution in [-0.2, 0) is 6.54 Å². The van der Waals surface area contributed by atoms with Crippen molar-refractivity contribution in [2.24, 2.45) is 0 Å². The van der Waals surface area contributed by atoms with Gasteiger partial charge in [-0.15, -0.1) is 0 Å². The lowest BCUT2D eigenvalue weighted by atomic mass is 10.2. The Morgan fingerprint density at radius 2 is 1.65 bits per heavy atom. The van der Waals surface area contributed by atoms with Gasteiger partial charge in [0, 0.05) is 39.4 Å². The van der Waals surface area contributed by atoms with E-state index >= 15 is 0 Å². The highest BCUT2D eigenvalue weighted by Gasteiger charge is 2.15. The van der Waals surface area contributed by atoms with Crippen LogP contribution in [0.25, 0.3) is 0 Å². The van der Waals surface area contributed by atoms with Crippen LogP contribution in [0.3, 0.4) is 0 Å². The van der Waals surface area contributed by atoms with Crippen molar-refractivity contribution in [1.82, 2.24) is 15.1 Å². The Morgan fingerprint density at radius 3 is 2.29 bits per heavy atom. The minimum atomic E-state index is 1.04. The molecule has 17 heavy (non-hydrogen) atoms. The largest absolute Gasteiger partial charge is 0.305 e. The highest BCUT2D eigenvalue weighted by atomic mass is 15.3. The Bertz CT molecular complexity index is 305. The average Bonchev–Trinajstić information content (AvgIpc) is 2.39. The van der Waals surface area contributed by atoms with Gasteiger partial charge in [-0.2, -0.15) is 0 Å². The first-order valence-corrected chi connectivity index (χ1v) is 6.58. The molecule has 1 heterocycles. The van der Waals surface area contributed by atoms with Gasteiger partial charge in [-0.1, -0.05) is 37.3 Å².